The fraction of sp³-hybridized carbons (Fsp3) is 0.200. The van der Waals surface area contributed by atoms with E-state index in [1.165, 1.54) is 32.7 Å². The van der Waals surface area contributed by atoms with Crippen molar-refractivity contribution in [1.29, 1.82) is 0 Å². The van der Waals surface area contributed by atoms with Crippen LogP contribution in [0.3, 0.4) is 0 Å². The molecular weight excluding hydrogens is 294 g/mol. The topological polar surface area (TPSA) is 9.23 Å². The van der Waals surface area contributed by atoms with Gasteiger partial charge in [-0.1, -0.05) is 36.4 Å². The first-order valence-corrected chi connectivity index (χ1v) is 7.57. The van der Waals surface area contributed by atoms with E-state index in [9.17, 15) is 8.78 Å². The molecule has 0 aliphatic heterocycles. The van der Waals surface area contributed by atoms with Crippen LogP contribution in [0.1, 0.15) is 16.7 Å². The fourth-order valence-electron chi connectivity index (χ4n) is 3.04. The van der Waals surface area contributed by atoms with Crippen LogP contribution in [0.4, 0.5) is 8.78 Å². The van der Waals surface area contributed by atoms with Crippen molar-refractivity contribution in [2.75, 3.05) is 6.61 Å². The summed E-state index contributed by atoms with van der Waals surface area (Å²) in [4.78, 5) is 0. The average Bonchev–Trinajstić information content (AvgIpc) is 2.56. The zero-order valence-electron chi connectivity index (χ0n) is 13.2. The molecule has 0 unspecified atom stereocenters. The molecule has 1 nitrogen and oxygen atoms in total. The van der Waals surface area contributed by atoms with Gasteiger partial charge in [0.2, 0.25) is 0 Å². The van der Waals surface area contributed by atoms with Crippen LogP contribution in [0, 0.1) is 13.8 Å². The monoisotopic (exact) mass is 312 g/mol. The van der Waals surface area contributed by atoms with Crippen molar-refractivity contribution in [3.05, 3.63) is 71.3 Å². The van der Waals surface area contributed by atoms with Crippen molar-refractivity contribution < 1.29 is 13.5 Å². The number of ether oxygens (including phenoxy) is 1. The summed E-state index contributed by atoms with van der Waals surface area (Å²) in [5.41, 5.74) is 3.48. The summed E-state index contributed by atoms with van der Waals surface area (Å²) in [5.74, 6) is 0. The van der Waals surface area contributed by atoms with Gasteiger partial charge < -0.3 is 4.74 Å². The lowest BCUT2D eigenvalue weighted by Gasteiger charge is -2.13. The third-order valence-electron chi connectivity index (χ3n) is 4.25. The van der Waals surface area contributed by atoms with Crippen LogP contribution in [0.15, 0.2) is 54.6 Å². The average molecular weight is 312 g/mol. The van der Waals surface area contributed by atoms with Gasteiger partial charge in [-0.25, -0.2) is 0 Å². The summed E-state index contributed by atoms with van der Waals surface area (Å²) in [6.07, 6.45) is -0.925. The Labute approximate surface area is 134 Å². The highest BCUT2D eigenvalue weighted by molar-refractivity contribution is 6.05. The van der Waals surface area contributed by atoms with Crippen molar-refractivity contribution in [3.8, 4) is 0 Å². The first kappa shape index (κ1) is 15.6. The van der Waals surface area contributed by atoms with Crippen molar-refractivity contribution in [3.63, 3.8) is 0 Å². The molecule has 0 aliphatic rings. The van der Waals surface area contributed by atoms with Gasteiger partial charge in [0.15, 0.2) is 0 Å². The third kappa shape index (κ3) is 3.10. The quantitative estimate of drug-likeness (QED) is 0.430. The normalized spacial score (nSPS) is 11.1. The molecule has 0 fully saturated rings. The number of aryl methyl sites for hydroxylation is 2. The molecule has 0 spiro atoms. The van der Waals surface area contributed by atoms with Gasteiger partial charge in [0.05, 0.1) is 13.2 Å². The van der Waals surface area contributed by atoms with Crippen LogP contribution in [-0.2, 0) is 11.3 Å². The molecule has 0 radical (unpaired) electrons. The molecule has 0 aromatic heterocycles. The van der Waals surface area contributed by atoms with E-state index in [0.29, 0.717) is 6.61 Å². The number of benzene rings is 3. The van der Waals surface area contributed by atoms with Crippen LogP contribution in [0.25, 0.3) is 21.5 Å². The van der Waals surface area contributed by atoms with Crippen LogP contribution in [0.5, 0.6) is 0 Å². The van der Waals surface area contributed by atoms with Gasteiger partial charge >= 0.3 is 0 Å². The van der Waals surface area contributed by atoms with E-state index < -0.39 is 6.08 Å². The largest absolute Gasteiger partial charge is 0.373 e. The Bertz CT molecular complexity index is 893. The predicted molar refractivity (Wildman–Crippen MR) is 90.9 cm³/mol. The summed E-state index contributed by atoms with van der Waals surface area (Å²) in [6, 6.07) is 14.6. The first-order chi connectivity index (χ1) is 11.1. The zero-order valence-corrected chi connectivity index (χ0v) is 13.2. The molecule has 0 heterocycles. The molecule has 3 aromatic carbocycles. The summed E-state index contributed by atoms with van der Waals surface area (Å²) < 4.78 is 29.3. The minimum absolute atomic E-state index is 0.0733. The number of rotatable bonds is 4. The SMILES string of the molecule is Cc1c2ccccc2c(C)c2cc(COCC=C(F)F)ccc12. The number of halogens is 2. The van der Waals surface area contributed by atoms with Gasteiger partial charge in [-0.2, -0.15) is 8.78 Å². The zero-order chi connectivity index (χ0) is 16.4. The fourth-order valence-corrected chi connectivity index (χ4v) is 3.04. The molecule has 23 heavy (non-hydrogen) atoms. The van der Waals surface area contributed by atoms with E-state index in [1.54, 1.807) is 0 Å². The third-order valence-corrected chi connectivity index (χ3v) is 4.25. The standard InChI is InChI=1S/C20H18F2O/c1-13-16-5-3-4-6-17(16)14(2)19-11-15(7-8-18(13)19)12-23-10-9-20(21)22/h3-9,11H,10,12H2,1-2H3. The molecule has 0 atom stereocenters. The lowest BCUT2D eigenvalue weighted by Crippen LogP contribution is -1.95. The Balaban J connectivity index is 2.01. The minimum Gasteiger partial charge on any atom is -0.373 e. The maximum Gasteiger partial charge on any atom is 0.268 e. The Morgan fingerprint density at radius 2 is 1.52 bits per heavy atom. The lowest BCUT2D eigenvalue weighted by molar-refractivity contribution is 0.146. The highest BCUT2D eigenvalue weighted by atomic mass is 19.3. The summed E-state index contributed by atoms with van der Waals surface area (Å²) in [6.45, 7) is 4.51. The Hall–Kier alpha value is -2.26. The molecule has 3 heteroatoms. The van der Waals surface area contributed by atoms with Crippen molar-refractivity contribution in [2.24, 2.45) is 0 Å². The molecular formula is C20H18F2O. The van der Waals surface area contributed by atoms with Gasteiger partial charge in [-0.3, -0.25) is 0 Å². The second kappa shape index (κ2) is 6.47. The van der Waals surface area contributed by atoms with Gasteiger partial charge in [0.25, 0.3) is 6.08 Å². The van der Waals surface area contributed by atoms with Gasteiger partial charge in [0.1, 0.15) is 0 Å². The second-order valence-corrected chi connectivity index (χ2v) is 5.68. The molecule has 0 bridgehead atoms. The Kier molecular flexibility index (Phi) is 4.39. The lowest BCUT2D eigenvalue weighted by atomic mass is 9.92. The van der Waals surface area contributed by atoms with Crippen LogP contribution < -0.4 is 0 Å². The van der Waals surface area contributed by atoms with E-state index >= 15 is 0 Å². The Morgan fingerprint density at radius 1 is 0.913 bits per heavy atom. The maximum atomic E-state index is 12.0. The van der Waals surface area contributed by atoms with Crippen LogP contribution in [0.2, 0.25) is 0 Å². The first-order valence-electron chi connectivity index (χ1n) is 7.57. The van der Waals surface area contributed by atoms with Crippen molar-refractivity contribution in [1.82, 2.24) is 0 Å². The summed E-state index contributed by atoms with van der Waals surface area (Å²) in [7, 11) is 0. The maximum absolute atomic E-state index is 12.0. The number of fused-ring (bicyclic) bond motifs is 2. The van der Waals surface area contributed by atoms with E-state index in [1.807, 2.05) is 12.1 Å². The van der Waals surface area contributed by atoms with Crippen molar-refractivity contribution >= 4 is 21.5 Å². The highest BCUT2D eigenvalue weighted by Crippen LogP contribution is 2.32. The molecule has 0 saturated heterocycles. The minimum atomic E-state index is -1.71. The predicted octanol–water partition coefficient (Wildman–Crippen LogP) is 5.91. The molecule has 3 aromatic rings. The molecule has 0 amide bonds. The van der Waals surface area contributed by atoms with Gasteiger partial charge in [-0.05, 0) is 58.1 Å². The van der Waals surface area contributed by atoms with E-state index in [0.717, 1.165) is 11.6 Å². The van der Waals surface area contributed by atoms with Gasteiger partial charge in [-0.15, -0.1) is 0 Å². The molecule has 118 valence electrons. The number of hydrogen-bond acceptors (Lipinski definition) is 1. The molecule has 3 rings (SSSR count). The Morgan fingerprint density at radius 3 is 2.17 bits per heavy atom. The van der Waals surface area contributed by atoms with E-state index in [4.69, 9.17) is 4.74 Å². The second-order valence-electron chi connectivity index (χ2n) is 5.68. The summed E-state index contributed by atoms with van der Waals surface area (Å²) >= 11 is 0. The van der Waals surface area contributed by atoms with E-state index in [2.05, 4.69) is 44.2 Å². The summed E-state index contributed by atoms with van der Waals surface area (Å²) in [5, 5.41) is 4.93. The molecule has 0 aliphatic carbocycles. The van der Waals surface area contributed by atoms with Gasteiger partial charge in [0, 0.05) is 6.08 Å². The smallest absolute Gasteiger partial charge is 0.268 e. The van der Waals surface area contributed by atoms with Crippen molar-refractivity contribution in [2.45, 2.75) is 20.5 Å². The molecule has 0 saturated carbocycles. The highest BCUT2D eigenvalue weighted by Gasteiger charge is 2.08. The van der Waals surface area contributed by atoms with E-state index in [-0.39, 0.29) is 6.61 Å². The van der Waals surface area contributed by atoms with Crippen LogP contribution >= 0.6 is 0 Å². The number of hydrogen-bond donors (Lipinski definition) is 0. The molecule has 0 N–H and O–H groups in total. The van der Waals surface area contributed by atoms with Crippen LogP contribution in [-0.4, -0.2) is 6.61 Å².